The van der Waals surface area contributed by atoms with Crippen LogP contribution in [0.5, 0.6) is 0 Å². The van der Waals surface area contributed by atoms with Crippen molar-refractivity contribution in [2.75, 3.05) is 26.9 Å². The summed E-state index contributed by atoms with van der Waals surface area (Å²) in [6.07, 6.45) is -19.0. The standard InChI is InChI=1S/C55H86O22/c1-24(2)19-27(71-26(4)57)20-54(9)34-14-17-53(8)29-11-12-33-51(5,6)35(15-16-52(33,7)28(29)13-18-55(34,53)50(66)77-54)73-49-45(36(60)30(58)22-69-49)76-47-39(63)38(62)42(25(3)70-47)74-46-40(64)43(31(59)23-68-46)75-48-41(65)44(67-10)37(61)32(21-56)72-48/h11,25,27-28,30-49,56,58-65H,1,12-23H2,2-10H3/t25-,27+,28-,30-,31-,32-,33+,34-,35+,36+,37-,38-,39-,40-,41-,42-,43+,44+,45-,46+,47+,48+,49+,52-,53+,54+,55-/m1/s1. The Morgan fingerprint density at radius 1 is 0.727 bits per heavy atom. The highest BCUT2D eigenvalue weighted by molar-refractivity contribution is 5.83. The van der Waals surface area contributed by atoms with Gasteiger partial charge in [0.05, 0.1) is 37.4 Å². The van der Waals surface area contributed by atoms with E-state index < -0.39 is 158 Å². The zero-order valence-electron chi connectivity index (χ0n) is 45.9. The molecule has 0 aromatic heterocycles. The van der Waals surface area contributed by atoms with Crippen LogP contribution >= 0.6 is 0 Å². The number of rotatable bonds is 15. The summed E-state index contributed by atoms with van der Waals surface area (Å²) >= 11 is 0. The monoisotopic (exact) mass is 1100 g/mol. The fraction of sp³-hybridized carbons (Fsp3) is 0.891. The van der Waals surface area contributed by atoms with Gasteiger partial charge in [-0.3, -0.25) is 9.59 Å². The van der Waals surface area contributed by atoms with Crippen LogP contribution in [0.15, 0.2) is 23.8 Å². The molecule has 1 spiro atoms. The number of aliphatic hydroxyl groups excluding tert-OH is 9. The summed E-state index contributed by atoms with van der Waals surface area (Å²) in [6.45, 7) is 18.5. The lowest BCUT2D eigenvalue weighted by Crippen LogP contribution is -2.65. The third kappa shape index (κ3) is 10.1. The summed E-state index contributed by atoms with van der Waals surface area (Å²) in [4.78, 5) is 26.7. The fourth-order valence-electron chi connectivity index (χ4n) is 16.2. The minimum Gasteiger partial charge on any atom is -0.462 e. The number of allylic oxidation sites excluding steroid dienone is 2. The number of aliphatic hydroxyl groups is 9. The lowest BCUT2D eigenvalue weighted by Gasteiger charge is -2.64. The van der Waals surface area contributed by atoms with Gasteiger partial charge < -0.3 is 98.1 Å². The second kappa shape index (κ2) is 22.1. The quantitative estimate of drug-likeness (QED) is 0.0809. The number of esters is 2. The van der Waals surface area contributed by atoms with Gasteiger partial charge in [-0.15, -0.1) is 6.58 Å². The molecule has 8 fully saturated rings. The maximum Gasteiger partial charge on any atom is 0.313 e. The van der Waals surface area contributed by atoms with Crippen molar-refractivity contribution in [1.29, 1.82) is 0 Å². The van der Waals surface area contributed by atoms with Crippen molar-refractivity contribution in [2.45, 2.75) is 242 Å². The van der Waals surface area contributed by atoms with Crippen LogP contribution in [0, 0.1) is 39.4 Å². The lowest BCUT2D eigenvalue weighted by atomic mass is 9.41. The van der Waals surface area contributed by atoms with Crippen molar-refractivity contribution in [2.24, 2.45) is 39.4 Å². The largest absolute Gasteiger partial charge is 0.462 e. The highest BCUT2D eigenvalue weighted by atomic mass is 16.8. The minimum atomic E-state index is -1.83. The Bertz CT molecular complexity index is 2160. The Kier molecular flexibility index (Phi) is 17.0. The summed E-state index contributed by atoms with van der Waals surface area (Å²) in [5.74, 6) is -0.265. The first-order valence-electron chi connectivity index (χ1n) is 27.7. The molecule has 0 unspecified atom stereocenters. The van der Waals surface area contributed by atoms with Crippen LogP contribution in [0.3, 0.4) is 0 Å². The van der Waals surface area contributed by atoms with E-state index >= 15 is 0 Å². The Morgan fingerprint density at radius 3 is 2.05 bits per heavy atom. The van der Waals surface area contributed by atoms with E-state index in [4.69, 9.17) is 52.1 Å². The number of carbonyl (C=O) groups is 2. The zero-order valence-corrected chi connectivity index (χ0v) is 45.9. The van der Waals surface area contributed by atoms with E-state index in [0.717, 1.165) is 37.7 Å². The summed E-state index contributed by atoms with van der Waals surface area (Å²) < 4.78 is 65.6. The molecule has 0 aromatic carbocycles. The van der Waals surface area contributed by atoms with Crippen LogP contribution in [0.25, 0.3) is 0 Å². The lowest BCUT2D eigenvalue weighted by molar-refractivity contribution is -0.382. The van der Waals surface area contributed by atoms with E-state index in [1.54, 1.807) is 0 Å². The molecule has 3 saturated carbocycles. The summed E-state index contributed by atoms with van der Waals surface area (Å²) in [5, 5.41) is 98.6. The number of ether oxygens (including phenoxy) is 11. The smallest absolute Gasteiger partial charge is 0.313 e. The molecular formula is C55H86O22. The molecule has 5 aliphatic heterocycles. The van der Waals surface area contributed by atoms with Gasteiger partial charge in [-0.1, -0.05) is 44.9 Å². The first-order valence-corrected chi connectivity index (χ1v) is 27.7. The predicted octanol–water partition coefficient (Wildman–Crippen LogP) is 0.793. The minimum absolute atomic E-state index is 0.0505. The number of cyclic esters (lactones) is 1. The molecule has 9 N–H and O–H groups in total. The van der Waals surface area contributed by atoms with Gasteiger partial charge in [0, 0.05) is 38.2 Å². The van der Waals surface area contributed by atoms with Crippen LogP contribution in [0.1, 0.15) is 113 Å². The van der Waals surface area contributed by atoms with E-state index in [-0.39, 0.29) is 41.7 Å². The highest BCUT2D eigenvalue weighted by Crippen LogP contribution is 2.76. The SMILES string of the molecule is C=C(C)C[C@@H](C[C@]1(C)OC(=O)[C@]23CC[C@@H]4C(=CC[C@H]5C(C)(C)[C@@H](O[C@@H]6OC[C@@H](O)[C@H](O)[C@H]6O[C@@H]6O[C@H](C)[C@@H](O[C@@H]7OC[C@@H](O)[C@H](O[C@@H]8O[C@H](CO)[C@@H](O)[C@H](OC)[C@H]8O)[C@H]7O)[C@H](O)[C@H]6O)CC[C@]45C)[C@]2(C)CC[C@@H]31)OC(C)=O. The fourth-order valence-corrected chi connectivity index (χ4v) is 16.2. The number of hydrogen-bond donors (Lipinski definition) is 9. The van der Waals surface area contributed by atoms with Gasteiger partial charge in [0.2, 0.25) is 0 Å². The van der Waals surface area contributed by atoms with E-state index in [1.807, 2.05) is 13.8 Å². The summed E-state index contributed by atoms with van der Waals surface area (Å²) in [5.41, 5.74) is -0.365. The van der Waals surface area contributed by atoms with Gasteiger partial charge in [0.15, 0.2) is 25.2 Å². The average Bonchev–Trinajstić information content (AvgIpc) is 3.66. The third-order valence-corrected chi connectivity index (χ3v) is 20.1. The van der Waals surface area contributed by atoms with Crippen LogP contribution in [-0.2, 0) is 61.7 Å². The zero-order chi connectivity index (χ0) is 56.1. The van der Waals surface area contributed by atoms with Crippen molar-refractivity contribution < 1.29 is 108 Å². The molecular weight excluding hydrogens is 1010 g/mol. The highest BCUT2D eigenvalue weighted by Gasteiger charge is 2.76. The van der Waals surface area contributed by atoms with Crippen molar-refractivity contribution in [3.05, 3.63) is 23.8 Å². The Balaban J connectivity index is 0.859. The molecule has 5 saturated heterocycles. The topological polar surface area (TPSA) is 318 Å². The first-order chi connectivity index (χ1) is 36.2. The molecule has 0 radical (unpaired) electrons. The molecule has 438 valence electrons. The molecule has 9 rings (SSSR count). The molecule has 0 amide bonds. The van der Waals surface area contributed by atoms with E-state index in [9.17, 15) is 55.5 Å². The molecule has 9 aliphatic rings. The van der Waals surface area contributed by atoms with Gasteiger partial charge in [0.25, 0.3) is 0 Å². The maximum absolute atomic E-state index is 14.6. The first kappa shape index (κ1) is 59.3. The molecule has 0 bridgehead atoms. The van der Waals surface area contributed by atoms with Crippen molar-refractivity contribution in [3.8, 4) is 0 Å². The molecule has 77 heavy (non-hydrogen) atoms. The van der Waals surface area contributed by atoms with Crippen LogP contribution in [0.2, 0.25) is 0 Å². The molecule has 4 aliphatic carbocycles. The Hall–Kier alpha value is -2.30. The van der Waals surface area contributed by atoms with E-state index in [1.165, 1.54) is 26.5 Å². The second-order valence-electron chi connectivity index (χ2n) is 25.1. The molecule has 0 aromatic rings. The van der Waals surface area contributed by atoms with Crippen LogP contribution in [0.4, 0.5) is 0 Å². The predicted molar refractivity (Wildman–Crippen MR) is 265 cm³/mol. The van der Waals surface area contributed by atoms with Gasteiger partial charge in [0.1, 0.15) is 91.1 Å². The van der Waals surface area contributed by atoms with Gasteiger partial charge in [-0.25, -0.2) is 0 Å². The second-order valence-corrected chi connectivity index (χ2v) is 25.1. The number of carbonyl (C=O) groups excluding carboxylic acids is 2. The molecule has 22 nitrogen and oxygen atoms in total. The van der Waals surface area contributed by atoms with E-state index in [2.05, 4.69) is 40.3 Å². The van der Waals surface area contributed by atoms with Crippen LogP contribution in [-0.4, -0.2) is 213 Å². The number of hydrogen-bond acceptors (Lipinski definition) is 22. The Labute approximate surface area is 450 Å². The van der Waals surface area contributed by atoms with Gasteiger partial charge in [-0.2, -0.15) is 0 Å². The molecule has 22 heteroatoms. The number of fused-ring (bicyclic) bond motifs is 4. The van der Waals surface area contributed by atoms with Crippen molar-refractivity contribution in [3.63, 3.8) is 0 Å². The summed E-state index contributed by atoms with van der Waals surface area (Å²) in [7, 11) is 1.23. The summed E-state index contributed by atoms with van der Waals surface area (Å²) in [6, 6.07) is 0. The molecule has 27 atom stereocenters. The third-order valence-electron chi connectivity index (χ3n) is 20.1. The van der Waals surface area contributed by atoms with Crippen molar-refractivity contribution >= 4 is 11.9 Å². The van der Waals surface area contributed by atoms with Crippen LogP contribution < -0.4 is 0 Å². The van der Waals surface area contributed by atoms with E-state index in [0.29, 0.717) is 25.7 Å². The number of methoxy groups -OCH3 is 1. The van der Waals surface area contributed by atoms with Gasteiger partial charge >= 0.3 is 11.9 Å². The molecule has 5 heterocycles. The van der Waals surface area contributed by atoms with Gasteiger partial charge in [-0.05, 0) is 88.4 Å². The van der Waals surface area contributed by atoms with Crippen molar-refractivity contribution in [1.82, 2.24) is 0 Å². The average molecular weight is 1100 g/mol. The Morgan fingerprint density at radius 2 is 1.38 bits per heavy atom. The normalized spacial score (nSPS) is 50.8. The maximum atomic E-state index is 14.6.